The molecule has 1 fully saturated rings. The van der Waals surface area contributed by atoms with Gasteiger partial charge < -0.3 is 10.2 Å². The normalized spacial score (nSPS) is 16.2. The number of fused-ring (bicyclic) bond motifs is 2. The van der Waals surface area contributed by atoms with Crippen molar-refractivity contribution in [1.82, 2.24) is 10.2 Å². The number of hydrogen-bond donors (Lipinski definition) is 1. The number of carbonyl (C=O) groups excluding carboxylic acids is 3. The minimum atomic E-state index is -0.242. The third-order valence-corrected chi connectivity index (χ3v) is 7.79. The van der Waals surface area contributed by atoms with Gasteiger partial charge in [0.15, 0.2) is 11.6 Å². The van der Waals surface area contributed by atoms with Crippen molar-refractivity contribution in [3.63, 3.8) is 0 Å². The molecule has 1 aliphatic heterocycles. The van der Waals surface area contributed by atoms with Gasteiger partial charge in [-0.3, -0.25) is 19.3 Å². The minimum Gasteiger partial charge on any atom is -0.369 e. The van der Waals surface area contributed by atoms with Gasteiger partial charge in [0.1, 0.15) is 0 Å². The molecule has 3 aromatic carbocycles. The maximum Gasteiger partial charge on any atom is 0.252 e. The van der Waals surface area contributed by atoms with Crippen LogP contribution in [0.2, 0.25) is 5.02 Å². The number of nitrogens with zero attached hydrogens (tertiary/aromatic N) is 2. The van der Waals surface area contributed by atoms with Crippen molar-refractivity contribution in [3.05, 3.63) is 99.1 Å². The minimum absolute atomic E-state index is 0.116. The topological polar surface area (TPSA) is 69.7 Å². The molecule has 1 saturated heterocycles. The zero-order valence-corrected chi connectivity index (χ0v) is 21.8. The number of ketones is 2. The Morgan fingerprint density at radius 1 is 0.892 bits per heavy atom. The Balaban J connectivity index is 1.30. The molecule has 37 heavy (non-hydrogen) atoms. The third kappa shape index (κ3) is 4.79. The van der Waals surface area contributed by atoms with Gasteiger partial charge in [-0.2, -0.15) is 0 Å². The fourth-order valence-electron chi connectivity index (χ4n) is 5.31. The molecule has 5 rings (SSSR count). The molecule has 1 aliphatic carbocycles. The van der Waals surface area contributed by atoms with Crippen LogP contribution < -0.4 is 10.2 Å². The molecule has 1 amide bonds. The van der Waals surface area contributed by atoms with Crippen LogP contribution in [-0.4, -0.2) is 54.7 Å². The number of amides is 1. The Hall–Kier alpha value is -3.48. The SMILES string of the molecule is CCCC(NC(=O)c1ccc2c(c1)C(=O)c1ccccc1C2=O)N1CCN(c2cccc(Cl)c2C)CC1. The first-order chi connectivity index (χ1) is 17.9. The fraction of sp³-hybridized carbons (Fsp3) is 0.300. The summed E-state index contributed by atoms with van der Waals surface area (Å²) in [4.78, 5) is 43.9. The van der Waals surface area contributed by atoms with Crippen molar-refractivity contribution in [2.24, 2.45) is 0 Å². The lowest BCUT2D eigenvalue weighted by molar-refractivity contribution is 0.0824. The van der Waals surface area contributed by atoms with Crippen molar-refractivity contribution in [2.75, 3.05) is 31.1 Å². The van der Waals surface area contributed by atoms with Crippen molar-refractivity contribution >= 4 is 34.8 Å². The highest BCUT2D eigenvalue weighted by Gasteiger charge is 2.31. The predicted octanol–water partition coefficient (Wildman–Crippen LogP) is 5.10. The molecule has 3 aromatic rings. The second-order valence-electron chi connectivity index (χ2n) is 9.65. The lowest BCUT2D eigenvalue weighted by Crippen LogP contribution is -2.56. The van der Waals surface area contributed by atoms with Crippen LogP contribution in [0, 0.1) is 6.92 Å². The van der Waals surface area contributed by atoms with Gasteiger partial charge in [0.05, 0.1) is 6.17 Å². The van der Waals surface area contributed by atoms with E-state index in [0.717, 1.165) is 55.3 Å². The van der Waals surface area contributed by atoms with Crippen LogP contribution in [0.15, 0.2) is 60.7 Å². The smallest absolute Gasteiger partial charge is 0.252 e. The Morgan fingerprint density at radius 3 is 2.22 bits per heavy atom. The van der Waals surface area contributed by atoms with E-state index in [-0.39, 0.29) is 29.2 Å². The van der Waals surface area contributed by atoms with E-state index >= 15 is 0 Å². The van der Waals surface area contributed by atoms with Crippen LogP contribution in [-0.2, 0) is 0 Å². The van der Waals surface area contributed by atoms with E-state index in [1.165, 1.54) is 0 Å². The maximum atomic E-state index is 13.3. The highest BCUT2D eigenvalue weighted by Crippen LogP contribution is 2.29. The molecule has 1 N–H and O–H groups in total. The molecule has 1 atom stereocenters. The summed E-state index contributed by atoms with van der Waals surface area (Å²) < 4.78 is 0. The highest BCUT2D eigenvalue weighted by atomic mass is 35.5. The summed E-state index contributed by atoms with van der Waals surface area (Å²) in [6.07, 6.45) is 1.62. The molecule has 1 heterocycles. The summed E-state index contributed by atoms with van der Waals surface area (Å²) in [5.41, 5.74) is 4.04. The molecule has 6 nitrogen and oxygen atoms in total. The fourth-order valence-corrected chi connectivity index (χ4v) is 5.48. The van der Waals surface area contributed by atoms with Crippen molar-refractivity contribution in [2.45, 2.75) is 32.9 Å². The first-order valence-electron chi connectivity index (χ1n) is 12.8. The summed E-state index contributed by atoms with van der Waals surface area (Å²) in [5.74, 6) is -0.653. The average Bonchev–Trinajstić information content (AvgIpc) is 2.93. The number of halogens is 1. The number of carbonyl (C=O) groups is 3. The van der Waals surface area contributed by atoms with Crippen molar-refractivity contribution < 1.29 is 14.4 Å². The lowest BCUT2D eigenvalue weighted by atomic mass is 9.83. The largest absolute Gasteiger partial charge is 0.369 e. The molecular weight excluding hydrogens is 486 g/mol. The molecule has 0 radical (unpaired) electrons. The Labute approximate surface area is 222 Å². The van der Waals surface area contributed by atoms with Gasteiger partial charge >= 0.3 is 0 Å². The summed E-state index contributed by atoms with van der Waals surface area (Å²) in [5, 5.41) is 3.95. The second kappa shape index (κ2) is 10.5. The number of benzene rings is 3. The van der Waals surface area contributed by atoms with E-state index in [0.29, 0.717) is 22.3 Å². The number of anilines is 1. The van der Waals surface area contributed by atoms with Crippen LogP contribution in [0.4, 0.5) is 5.69 Å². The quantitative estimate of drug-likeness (QED) is 0.387. The first-order valence-corrected chi connectivity index (χ1v) is 13.1. The number of piperazine rings is 1. The van der Waals surface area contributed by atoms with Gasteiger partial charge in [0.25, 0.3) is 5.91 Å². The van der Waals surface area contributed by atoms with Crippen LogP contribution >= 0.6 is 11.6 Å². The molecule has 0 spiro atoms. The van der Waals surface area contributed by atoms with Gasteiger partial charge in [0, 0.05) is 64.7 Å². The lowest BCUT2D eigenvalue weighted by Gasteiger charge is -2.41. The van der Waals surface area contributed by atoms with Gasteiger partial charge in [-0.05, 0) is 49.2 Å². The van der Waals surface area contributed by atoms with E-state index in [1.807, 2.05) is 19.1 Å². The maximum absolute atomic E-state index is 13.3. The standard InChI is InChI=1S/C30H30ClN3O3/c1-3-7-27(34-16-14-33(15-17-34)26-11-6-10-25(31)19(26)2)32-30(37)20-12-13-23-24(18-20)29(36)22-9-5-4-8-21(22)28(23)35/h4-6,8-13,18,27H,3,7,14-17H2,1-2H3,(H,32,37). The van der Waals surface area contributed by atoms with Crippen molar-refractivity contribution in [3.8, 4) is 0 Å². The number of rotatable bonds is 6. The zero-order valence-electron chi connectivity index (χ0n) is 21.1. The van der Waals surface area contributed by atoms with E-state index in [9.17, 15) is 14.4 Å². The van der Waals surface area contributed by atoms with Crippen LogP contribution in [0.25, 0.3) is 0 Å². The monoisotopic (exact) mass is 515 g/mol. The van der Waals surface area contributed by atoms with E-state index in [1.54, 1.807) is 42.5 Å². The van der Waals surface area contributed by atoms with Gasteiger partial charge in [-0.25, -0.2) is 0 Å². The molecule has 0 saturated carbocycles. The zero-order chi connectivity index (χ0) is 26.1. The van der Waals surface area contributed by atoms with Gasteiger partial charge in [-0.1, -0.05) is 55.3 Å². The Kier molecular flexibility index (Phi) is 7.13. The molecule has 0 aromatic heterocycles. The van der Waals surface area contributed by atoms with Crippen LogP contribution in [0.5, 0.6) is 0 Å². The Bertz CT molecular complexity index is 1380. The van der Waals surface area contributed by atoms with E-state index in [2.05, 4.69) is 28.1 Å². The molecule has 190 valence electrons. The third-order valence-electron chi connectivity index (χ3n) is 7.38. The predicted molar refractivity (Wildman–Crippen MR) is 146 cm³/mol. The molecule has 2 aliphatic rings. The highest BCUT2D eigenvalue weighted by molar-refractivity contribution is 6.31. The van der Waals surface area contributed by atoms with Gasteiger partial charge in [-0.15, -0.1) is 0 Å². The van der Waals surface area contributed by atoms with Crippen molar-refractivity contribution in [1.29, 1.82) is 0 Å². The molecular formula is C30H30ClN3O3. The molecule has 7 heteroatoms. The van der Waals surface area contributed by atoms with Gasteiger partial charge in [0.2, 0.25) is 0 Å². The Morgan fingerprint density at radius 2 is 1.54 bits per heavy atom. The average molecular weight is 516 g/mol. The summed E-state index contributed by atoms with van der Waals surface area (Å²) in [6.45, 7) is 7.44. The second-order valence-corrected chi connectivity index (χ2v) is 10.1. The first kappa shape index (κ1) is 25.2. The van der Waals surface area contributed by atoms with E-state index < -0.39 is 0 Å². The number of nitrogens with one attached hydrogen (secondary N) is 1. The summed E-state index contributed by atoms with van der Waals surface area (Å²) in [6, 6.07) is 17.6. The van der Waals surface area contributed by atoms with Crippen LogP contribution in [0.3, 0.4) is 0 Å². The number of hydrogen-bond acceptors (Lipinski definition) is 5. The molecule has 0 bridgehead atoms. The van der Waals surface area contributed by atoms with Crippen LogP contribution in [0.1, 0.15) is 67.5 Å². The summed E-state index contributed by atoms with van der Waals surface area (Å²) >= 11 is 6.33. The summed E-state index contributed by atoms with van der Waals surface area (Å²) in [7, 11) is 0. The van der Waals surface area contributed by atoms with E-state index in [4.69, 9.17) is 11.6 Å². The molecule has 1 unspecified atom stereocenters.